The maximum atomic E-state index is 14.4. The van der Waals surface area contributed by atoms with Crippen molar-refractivity contribution < 1.29 is 35.6 Å². The Balaban J connectivity index is 2.25. The van der Waals surface area contributed by atoms with Crippen LogP contribution in [0.25, 0.3) is 0 Å². The van der Waals surface area contributed by atoms with Crippen LogP contribution in [0.4, 0.5) is 23.2 Å². The Morgan fingerprint density at radius 1 is 1.03 bits per heavy atom. The fourth-order valence-corrected chi connectivity index (χ4v) is 4.67. The summed E-state index contributed by atoms with van der Waals surface area (Å²) in [5.41, 5.74) is -1.58. The van der Waals surface area contributed by atoms with Crippen molar-refractivity contribution in [1.29, 1.82) is 0 Å². The molecule has 7 nitrogen and oxygen atoms in total. The summed E-state index contributed by atoms with van der Waals surface area (Å²) in [6.45, 7) is 6.34. The summed E-state index contributed by atoms with van der Waals surface area (Å²) in [7, 11) is -3.98. The highest BCUT2D eigenvalue weighted by Gasteiger charge is 2.32. The van der Waals surface area contributed by atoms with E-state index in [1.165, 1.54) is 36.1 Å². The van der Waals surface area contributed by atoms with E-state index >= 15 is 0 Å². The summed E-state index contributed by atoms with van der Waals surface area (Å²) in [6, 6.07) is 8.74. The molecule has 38 heavy (non-hydrogen) atoms. The van der Waals surface area contributed by atoms with Gasteiger partial charge in [0, 0.05) is 30.6 Å². The molecule has 0 saturated heterocycles. The molecule has 2 aromatic carbocycles. The SMILES string of the molecule is CC(C(=O)NC(C)(C)C)N(Cc1ccccc1F)C(=O)CCCN(c1cccc(C(F)(F)F)c1)S(C)(=O)=O. The highest BCUT2D eigenvalue weighted by atomic mass is 32.2. The van der Waals surface area contributed by atoms with E-state index < -0.39 is 51.0 Å². The van der Waals surface area contributed by atoms with Crippen molar-refractivity contribution in [1.82, 2.24) is 10.2 Å². The molecule has 2 rings (SSSR count). The number of sulfonamides is 1. The van der Waals surface area contributed by atoms with Gasteiger partial charge in [0.25, 0.3) is 0 Å². The summed E-state index contributed by atoms with van der Waals surface area (Å²) >= 11 is 0. The quantitative estimate of drug-likeness (QED) is 0.427. The molecule has 2 amide bonds. The maximum absolute atomic E-state index is 14.4. The van der Waals surface area contributed by atoms with Gasteiger partial charge in [-0.15, -0.1) is 0 Å². The number of carbonyl (C=O) groups excluding carboxylic acids is 2. The summed E-state index contributed by atoms with van der Waals surface area (Å²) in [5.74, 6) is -1.55. The number of hydrogen-bond donors (Lipinski definition) is 1. The molecule has 1 unspecified atom stereocenters. The second-order valence-electron chi connectivity index (χ2n) is 10.0. The number of alkyl halides is 3. The molecule has 0 radical (unpaired) electrons. The van der Waals surface area contributed by atoms with E-state index in [-0.39, 0.29) is 37.2 Å². The first-order valence-corrected chi connectivity index (χ1v) is 13.7. The third kappa shape index (κ3) is 9.00. The number of carbonyl (C=O) groups is 2. The molecule has 0 saturated carbocycles. The van der Waals surface area contributed by atoms with Gasteiger partial charge in [0.15, 0.2) is 0 Å². The Morgan fingerprint density at radius 2 is 1.66 bits per heavy atom. The number of nitrogens with zero attached hydrogens (tertiary/aromatic N) is 2. The number of benzene rings is 2. The molecule has 0 bridgehead atoms. The van der Waals surface area contributed by atoms with Crippen molar-refractivity contribution in [2.75, 3.05) is 17.1 Å². The number of amides is 2. The predicted molar refractivity (Wildman–Crippen MR) is 137 cm³/mol. The van der Waals surface area contributed by atoms with E-state index in [1.807, 2.05) is 0 Å². The molecule has 1 atom stereocenters. The van der Waals surface area contributed by atoms with E-state index in [2.05, 4.69) is 5.32 Å². The minimum absolute atomic E-state index is 0.0521. The number of anilines is 1. The third-order valence-electron chi connectivity index (χ3n) is 5.58. The average molecular weight is 560 g/mol. The Bertz CT molecular complexity index is 1240. The zero-order valence-electron chi connectivity index (χ0n) is 22.0. The Hall–Kier alpha value is -3.15. The standard InChI is InChI=1S/C26H33F4N3O4S/c1-18(24(35)31-25(2,3)4)32(17-19-10-6-7-13-22(19)27)23(34)14-9-15-33(38(5,36)37)21-12-8-11-20(16-21)26(28,29)30/h6-8,10-13,16,18H,9,14-15,17H2,1-5H3,(H,31,35). The minimum Gasteiger partial charge on any atom is -0.350 e. The number of nitrogens with one attached hydrogen (secondary N) is 1. The second kappa shape index (κ2) is 12.1. The van der Waals surface area contributed by atoms with Crippen LogP contribution in [-0.2, 0) is 32.3 Å². The number of rotatable bonds is 10. The summed E-state index contributed by atoms with van der Waals surface area (Å²) < 4.78 is 79.3. The molecule has 0 aliphatic heterocycles. The van der Waals surface area contributed by atoms with Gasteiger partial charge >= 0.3 is 6.18 Å². The molecule has 0 aromatic heterocycles. The Kier molecular flexibility index (Phi) is 9.93. The van der Waals surface area contributed by atoms with Gasteiger partial charge in [0.05, 0.1) is 17.5 Å². The first-order chi connectivity index (χ1) is 17.4. The van der Waals surface area contributed by atoms with E-state index in [4.69, 9.17) is 0 Å². The van der Waals surface area contributed by atoms with Crippen LogP contribution in [0.2, 0.25) is 0 Å². The largest absolute Gasteiger partial charge is 0.416 e. The van der Waals surface area contributed by atoms with E-state index in [0.717, 1.165) is 28.8 Å². The smallest absolute Gasteiger partial charge is 0.350 e. The van der Waals surface area contributed by atoms with E-state index in [9.17, 15) is 35.6 Å². The van der Waals surface area contributed by atoms with Crippen LogP contribution in [0, 0.1) is 5.82 Å². The lowest BCUT2D eigenvalue weighted by atomic mass is 10.1. The first-order valence-electron chi connectivity index (χ1n) is 11.9. The fourth-order valence-electron chi connectivity index (χ4n) is 3.71. The van der Waals surface area contributed by atoms with Gasteiger partial charge in [0.2, 0.25) is 21.8 Å². The van der Waals surface area contributed by atoms with Crippen molar-refractivity contribution >= 4 is 27.5 Å². The predicted octanol–water partition coefficient (Wildman–Crippen LogP) is 4.72. The van der Waals surface area contributed by atoms with Gasteiger partial charge in [-0.3, -0.25) is 13.9 Å². The van der Waals surface area contributed by atoms with Crippen LogP contribution in [0.5, 0.6) is 0 Å². The lowest BCUT2D eigenvalue weighted by molar-refractivity contribution is -0.141. The van der Waals surface area contributed by atoms with Crippen molar-refractivity contribution in [3.8, 4) is 0 Å². The fraction of sp³-hybridized carbons (Fsp3) is 0.462. The average Bonchev–Trinajstić information content (AvgIpc) is 2.78. The third-order valence-corrected chi connectivity index (χ3v) is 6.77. The molecule has 0 spiro atoms. The van der Waals surface area contributed by atoms with Gasteiger partial charge in [-0.2, -0.15) is 13.2 Å². The van der Waals surface area contributed by atoms with Gasteiger partial charge in [-0.25, -0.2) is 12.8 Å². The Labute approximate surface area is 220 Å². The molecule has 1 N–H and O–H groups in total. The molecular weight excluding hydrogens is 526 g/mol. The number of hydrogen-bond acceptors (Lipinski definition) is 4. The second-order valence-corrected chi connectivity index (χ2v) is 11.9. The molecule has 0 aliphatic carbocycles. The first kappa shape index (κ1) is 31.1. The summed E-state index contributed by atoms with van der Waals surface area (Å²) in [6.07, 6.45) is -4.08. The number of halogens is 4. The molecular formula is C26H33F4N3O4S. The van der Waals surface area contributed by atoms with Crippen molar-refractivity contribution in [3.05, 3.63) is 65.5 Å². The van der Waals surface area contributed by atoms with E-state index in [0.29, 0.717) is 0 Å². The van der Waals surface area contributed by atoms with Crippen molar-refractivity contribution in [2.45, 2.75) is 64.8 Å². The maximum Gasteiger partial charge on any atom is 0.416 e. The van der Waals surface area contributed by atoms with Crippen LogP contribution in [0.15, 0.2) is 48.5 Å². The molecule has 0 fully saturated rings. The monoisotopic (exact) mass is 559 g/mol. The van der Waals surface area contributed by atoms with Crippen LogP contribution in [-0.4, -0.2) is 49.5 Å². The summed E-state index contributed by atoms with van der Waals surface area (Å²) in [4.78, 5) is 27.2. The topological polar surface area (TPSA) is 86.8 Å². The van der Waals surface area contributed by atoms with Crippen molar-refractivity contribution in [2.24, 2.45) is 0 Å². The summed E-state index contributed by atoms with van der Waals surface area (Å²) in [5, 5.41) is 2.78. The van der Waals surface area contributed by atoms with Gasteiger partial charge in [-0.05, 0) is 58.4 Å². The van der Waals surface area contributed by atoms with Crippen LogP contribution in [0.1, 0.15) is 51.7 Å². The van der Waals surface area contributed by atoms with Gasteiger partial charge in [-0.1, -0.05) is 24.3 Å². The van der Waals surface area contributed by atoms with Crippen LogP contribution in [0.3, 0.4) is 0 Å². The zero-order chi connectivity index (χ0) is 28.9. The van der Waals surface area contributed by atoms with Crippen molar-refractivity contribution in [3.63, 3.8) is 0 Å². The highest BCUT2D eigenvalue weighted by molar-refractivity contribution is 7.92. The lowest BCUT2D eigenvalue weighted by Gasteiger charge is -2.32. The Morgan fingerprint density at radius 3 is 2.21 bits per heavy atom. The molecule has 12 heteroatoms. The molecule has 0 heterocycles. The van der Waals surface area contributed by atoms with Gasteiger partial charge < -0.3 is 10.2 Å². The molecule has 2 aromatic rings. The molecule has 210 valence electrons. The highest BCUT2D eigenvalue weighted by Crippen LogP contribution is 2.32. The van der Waals surface area contributed by atoms with E-state index in [1.54, 1.807) is 26.8 Å². The molecule has 0 aliphatic rings. The minimum atomic E-state index is -4.66. The van der Waals surface area contributed by atoms with Gasteiger partial charge in [0.1, 0.15) is 11.9 Å². The van der Waals surface area contributed by atoms with Crippen LogP contribution >= 0.6 is 0 Å². The normalized spacial score (nSPS) is 13.1. The lowest BCUT2D eigenvalue weighted by Crippen LogP contribution is -2.52. The zero-order valence-corrected chi connectivity index (χ0v) is 22.8. The van der Waals surface area contributed by atoms with Crippen LogP contribution < -0.4 is 9.62 Å².